The summed E-state index contributed by atoms with van der Waals surface area (Å²) in [4.78, 5) is 22.5. The zero-order chi connectivity index (χ0) is 26.5. The highest BCUT2D eigenvalue weighted by Crippen LogP contribution is 2.54. The monoisotopic (exact) mass is 632 g/mol. The van der Waals surface area contributed by atoms with E-state index in [1.54, 1.807) is 16.9 Å². The van der Waals surface area contributed by atoms with Gasteiger partial charge in [-0.15, -0.1) is 0 Å². The predicted molar refractivity (Wildman–Crippen MR) is 153 cm³/mol. The lowest BCUT2D eigenvalue weighted by Crippen LogP contribution is -2.40. The smallest absolute Gasteiger partial charge is 0.258 e. The summed E-state index contributed by atoms with van der Waals surface area (Å²) in [5, 5.41) is 7.25. The molecule has 200 valence electrons. The zero-order valence-corrected chi connectivity index (χ0v) is 23.5. The molecule has 1 saturated carbocycles. The molecule has 0 unspecified atom stereocenters. The van der Waals surface area contributed by atoms with Gasteiger partial charge in [0.1, 0.15) is 11.6 Å². The Bertz CT molecular complexity index is 1350. The van der Waals surface area contributed by atoms with Gasteiger partial charge in [0.15, 0.2) is 0 Å². The van der Waals surface area contributed by atoms with Gasteiger partial charge in [0, 0.05) is 67.0 Å². The van der Waals surface area contributed by atoms with Crippen LogP contribution in [0.4, 0.5) is 26.1 Å². The van der Waals surface area contributed by atoms with E-state index < -0.39 is 5.92 Å². The molecular weight excluding hydrogens is 601 g/mol. The largest absolute Gasteiger partial charge is 0.371 e. The van der Waals surface area contributed by atoms with Crippen molar-refractivity contribution < 1.29 is 13.6 Å². The van der Waals surface area contributed by atoms with E-state index in [2.05, 4.69) is 44.0 Å². The molecule has 0 radical (unpaired) electrons. The molecule has 1 aliphatic carbocycles. The summed E-state index contributed by atoms with van der Waals surface area (Å²) < 4.78 is 30.6. The maximum atomic E-state index is 13.9. The third kappa shape index (κ3) is 5.23. The number of amides is 1. The van der Waals surface area contributed by atoms with E-state index in [-0.39, 0.29) is 31.8 Å². The highest BCUT2D eigenvalue weighted by atomic mass is 127. The number of piperidine rings is 2. The predicted octanol–water partition coefficient (Wildman–Crippen LogP) is 5.95. The quantitative estimate of drug-likeness (QED) is 0.352. The Morgan fingerprint density at radius 1 is 0.974 bits per heavy atom. The van der Waals surface area contributed by atoms with Gasteiger partial charge in [-0.05, 0) is 84.0 Å². The number of pyridine rings is 1. The van der Waals surface area contributed by atoms with Gasteiger partial charge in [-0.1, -0.05) is 0 Å². The Balaban J connectivity index is 1.27. The minimum Gasteiger partial charge on any atom is -0.371 e. The molecule has 3 aromatic rings. The number of carbonyl (C=O) groups is 1. The van der Waals surface area contributed by atoms with E-state index in [0.29, 0.717) is 22.6 Å². The Morgan fingerprint density at radius 3 is 2.34 bits per heavy atom. The molecular formula is C28H31F2IN6O. The number of hydrogen-bond acceptors (Lipinski definition) is 5. The molecule has 6 rings (SSSR count). The lowest BCUT2D eigenvalue weighted by atomic mass is 9.93. The van der Waals surface area contributed by atoms with Crippen LogP contribution < -0.4 is 15.1 Å². The van der Waals surface area contributed by atoms with Crippen molar-refractivity contribution in [3.05, 3.63) is 51.9 Å². The van der Waals surface area contributed by atoms with Crippen molar-refractivity contribution in [3.8, 4) is 11.1 Å². The minimum atomic E-state index is -2.66. The van der Waals surface area contributed by atoms with Crippen molar-refractivity contribution >= 4 is 45.8 Å². The lowest BCUT2D eigenvalue weighted by Gasteiger charge is -2.35. The molecule has 2 saturated heterocycles. The second-order valence-electron chi connectivity index (χ2n) is 10.9. The van der Waals surface area contributed by atoms with E-state index in [1.807, 2.05) is 36.3 Å². The van der Waals surface area contributed by atoms with Crippen LogP contribution in [0.15, 0.2) is 42.7 Å². The molecule has 38 heavy (non-hydrogen) atoms. The molecule has 7 nitrogen and oxygen atoms in total. The number of carbonyl (C=O) groups excluding carboxylic acids is 1. The molecule has 0 atom stereocenters. The van der Waals surface area contributed by atoms with E-state index in [9.17, 15) is 13.6 Å². The Morgan fingerprint density at radius 2 is 1.68 bits per heavy atom. The van der Waals surface area contributed by atoms with Crippen LogP contribution in [0, 0.1) is 8.99 Å². The van der Waals surface area contributed by atoms with Crippen LogP contribution in [0.1, 0.15) is 48.9 Å². The number of benzene rings is 1. The van der Waals surface area contributed by atoms with Crippen LogP contribution in [-0.2, 0) is 7.05 Å². The van der Waals surface area contributed by atoms with Crippen LogP contribution in [0.2, 0.25) is 0 Å². The molecule has 10 heteroatoms. The van der Waals surface area contributed by atoms with Gasteiger partial charge < -0.3 is 15.1 Å². The topological polar surface area (TPSA) is 66.3 Å². The second kappa shape index (κ2) is 9.77. The second-order valence-corrected chi connectivity index (χ2v) is 12.2. The van der Waals surface area contributed by atoms with Crippen molar-refractivity contribution in [2.75, 3.05) is 41.3 Å². The number of hydrogen-bond donors (Lipinski definition) is 1. The normalized spacial score (nSPS) is 20.0. The Hall–Kier alpha value is -2.76. The van der Waals surface area contributed by atoms with Crippen LogP contribution in [0.3, 0.4) is 0 Å². The van der Waals surface area contributed by atoms with Crippen LogP contribution >= 0.6 is 22.6 Å². The first-order valence-electron chi connectivity index (χ1n) is 13.2. The van der Waals surface area contributed by atoms with Crippen molar-refractivity contribution in [1.82, 2.24) is 14.8 Å². The van der Waals surface area contributed by atoms with E-state index in [0.717, 1.165) is 33.5 Å². The van der Waals surface area contributed by atoms with Gasteiger partial charge in [0.05, 0.1) is 17.4 Å². The number of nitrogens with one attached hydrogen (secondary N) is 1. The summed E-state index contributed by atoms with van der Waals surface area (Å²) in [6.45, 7) is 2.31. The van der Waals surface area contributed by atoms with Gasteiger partial charge in [-0.2, -0.15) is 5.10 Å². The number of halogens is 3. The van der Waals surface area contributed by atoms with Crippen LogP contribution in [0.5, 0.6) is 0 Å². The van der Waals surface area contributed by atoms with Crippen molar-refractivity contribution in [2.45, 2.75) is 44.4 Å². The molecule has 0 bridgehead atoms. The summed E-state index contributed by atoms with van der Waals surface area (Å²) in [7, 11) is 1.83. The number of anilines is 3. The van der Waals surface area contributed by atoms with Crippen molar-refractivity contribution in [2.24, 2.45) is 12.5 Å². The fourth-order valence-electron chi connectivity index (χ4n) is 5.63. The lowest BCUT2D eigenvalue weighted by molar-refractivity contribution is -0.0221. The highest BCUT2D eigenvalue weighted by Gasteiger charge is 2.44. The molecule has 1 N–H and O–H groups in total. The maximum Gasteiger partial charge on any atom is 0.258 e. The van der Waals surface area contributed by atoms with Crippen molar-refractivity contribution in [3.63, 3.8) is 0 Å². The van der Waals surface area contributed by atoms with Crippen LogP contribution in [0.25, 0.3) is 11.1 Å². The highest BCUT2D eigenvalue weighted by molar-refractivity contribution is 14.1. The van der Waals surface area contributed by atoms with Crippen molar-refractivity contribution in [1.29, 1.82) is 0 Å². The van der Waals surface area contributed by atoms with E-state index >= 15 is 0 Å². The summed E-state index contributed by atoms with van der Waals surface area (Å²) in [5.41, 5.74) is 3.78. The third-order valence-corrected chi connectivity index (χ3v) is 8.92. The molecule has 1 aromatic carbocycles. The van der Waals surface area contributed by atoms with E-state index in [4.69, 9.17) is 4.98 Å². The van der Waals surface area contributed by atoms with Gasteiger partial charge >= 0.3 is 0 Å². The Labute approximate surface area is 234 Å². The maximum absolute atomic E-state index is 13.9. The summed E-state index contributed by atoms with van der Waals surface area (Å²) in [6.07, 6.45) is 8.18. The molecule has 2 aromatic heterocycles. The first-order valence-corrected chi connectivity index (χ1v) is 14.3. The first kappa shape index (κ1) is 25.5. The average Bonchev–Trinajstić information content (AvgIpc) is 3.51. The molecule has 4 heterocycles. The molecule has 3 fully saturated rings. The van der Waals surface area contributed by atoms with Gasteiger partial charge in [0.25, 0.3) is 11.8 Å². The SMILES string of the molecule is Cn1cc(-c2ccc(NC(=O)c3ccc(I)cc3N3CCC4(CC3)CC4)nc2N2CCC(F)(F)CC2)cn1. The van der Waals surface area contributed by atoms with Gasteiger partial charge in [0.2, 0.25) is 0 Å². The number of aromatic nitrogens is 3. The van der Waals surface area contributed by atoms with Gasteiger partial charge in [-0.25, -0.2) is 13.8 Å². The first-order chi connectivity index (χ1) is 18.2. The number of aryl methyl sites for hydroxylation is 1. The summed E-state index contributed by atoms with van der Waals surface area (Å²) in [6, 6.07) is 9.57. The molecule has 1 spiro atoms. The Kier molecular flexibility index (Phi) is 6.56. The number of nitrogens with zero attached hydrogens (tertiary/aromatic N) is 5. The van der Waals surface area contributed by atoms with E-state index in [1.165, 1.54) is 25.7 Å². The summed E-state index contributed by atoms with van der Waals surface area (Å²) >= 11 is 2.29. The number of alkyl halides is 2. The molecule has 3 aliphatic rings. The van der Waals surface area contributed by atoms with Gasteiger partial charge in [-0.3, -0.25) is 9.48 Å². The fourth-order valence-corrected chi connectivity index (χ4v) is 6.11. The van der Waals surface area contributed by atoms with Crippen LogP contribution in [-0.4, -0.2) is 52.8 Å². The third-order valence-electron chi connectivity index (χ3n) is 8.25. The summed E-state index contributed by atoms with van der Waals surface area (Å²) in [5.74, 6) is -1.90. The standard InChI is InChI=1S/C28H31F2IN6O/c1-35-18-19(17-32-35)21-4-5-24(33-25(21)37-14-10-28(29,30)11-15-37)34-26(38)22-3-2-20(31)16-23(22)36-12-8-27(6-7-27)9-13-36/h2-5,16-18H,6-15H2,1H3,(H,33,34,38). The minimum absolute atomic E-state index is 0.197. The molecule has 2 aliphatic heterocycles. The fraction of sp³-hybridized carbons (Fsp3) is 0.464. The number of rotatable bonds is 5. The zero-order valence-electron chi connectivity index (χ0n) is 21.4. The average molecular weight is 632 g/mol. The molecule has 1 amide bonds.